The molecular formula is C50H51Cl2FN6O9. The molecule has 2 spiro atoms. The zero-order valence-corrected chi connectivity index (χ0v) is 38.5. The normalized spacial score (nSPS) is 23.7. The molecule has 2 unspecified atom stereocenters. The van der Waals surface area contributed by atoms with Gasteiger partial charge >= 0.3 is 0 Å². The van der Waals surface area contributed by atoms with E-state index in [2.05, 4.69) is 26.6 Å². The highest BCUT2D eigenvalue weighted by molar-refractivity contribution is 6.31. The van der Waals surface area contributed by atoms with Crippen LogP contribution >= 0.6 is 23.2 Å². The summed E-state index contributed by atoms with van der Waals surface area (Å²) in [6, 6.07) is 19.5. The lowest BCUT2D eigenvalue weighted by atomic mass is 9.55. The van der Waals surface area contributed by atoms with Gasteiger partial charge in [-0.1, -0.05) is 78.9 Å². The van der Waals surface area contributed by atoms with Gasteiger partial charge in [-0.25, -0.2) is 4.39 Å². The number of nitrogens with zero attached hydrogens (tertiary/aromatic N) is 1. The molecular weight excluding hydrogens is 918 g/mol. The molecule has 9 rings (SSSR count). The van der Waals surface area contributed by atoms with Crippen molar-refractivity contribution in [2.45, 2.75) is 93.0 Å². The molecule has 4 heterocycles. The number of aliphatic hydroxyl groups is 1. The Morgan fingerprint density at radius 3 is 2.37 bits per heavy atom. The van der Waals surface area contributed by atoms with Gasteiger partial charge in [0.15, 0.2) is 6.23 Å². The van der Waals surface area contributed by atoms with Gasteiger partial charge in [-0.3, -0.25) is 44.3 Å². The number of hydrogen-bond donors (Lipinski definition) is 6. The Labute approximate surface area is 401 Å². The van der Waals surface area contributed by atoms with Gasteiger partial charge in [0.25, 0.3) is 11.8 Å². The number of piperidine rings is 1. The molecule has 68 heavy (non-hydrogen) atoms. The predicted molar refractivity (Wildman–Crippen MR) is 250 cm³/mol. The van der Waals surface area contributed by atoms with E-state index in [4.69, 9.17) is 32.7 Å². The maximum atomic E-state index is 16.2. The summed E-state index contributed by atoms with van der Waals surface area (Å²) in [5, 5.41) is 25.9. The number of aryl methyl sites for hydroxylation is 1. The number of ether oxygens (including phenoxy) is 2. The van der Waals surface area contributed by atoms with E-state index in [9.17, 15) is 33.9 Å². The Morgan fingerprint density at radius 1 is 0.868 bits per heavy atom. The number of imide groups is 1. The van der Waals surface area contributed by atoms with E-state index in [-0.39, 0.29) is 55.0 Å². The van der Waals surface area contributed by atoms with Gasteiger partial charge in [-0.2, -0.15) is 0 Å². The number of nitrogens with one attached hydrogen (secondary N) is 5. The molecule has 356 valence electrons. The first kappa shape index (κ1) is 47.3. The fraction of sp³-hybridized carbons (Fsp3) is 0.400. The molecule has 0 bridgehead atoms. The molecule has 1 aliphatic carbocycles. The maximum absolute atomic E-state index is 16.2. The van der Waals surface area contributed by atoms with E-state index in [0.717, 1.165) is 29.7 Å². The average Bonchev–Trinajstić information content (AvgIpc) is 3.88. The van der Waals surface area contributed by atoms with Crippen LogP contribution in [0.4, 0.5) is 15.8 Å². The summed E-state index contributed by atoms with van der Waals surface area (Å²) in [4.78, 5) is 80.8. The molecule has 3 fully saturated rings. The molecule has 6 N–H and O–H groups in total. The van der Waals surface area contributed by atoms with Crippen molar-refractivity contribution < 1.29 is 47.7 Å². The predicted octanol–water partition coefficient (Wildman–Crippen LogP) is 6.07. The molecule has 5 atom stereocenters. The lowest BCUT2D eigenvalue weighted by Crippen LogP contribution is -2.60. The molecule has 18 heteroatoms. The molecule has 6 amide bonds. The number of aliphatic hydroxyl groups excluding tert-OH is 1. The minimum atomic E-state index is -1.37. The largest absolute Gasteiger partial charge is 0.379 e. The second kappa shape index (κ2) is 19.7. The van der Waals surface area contributed by atoms with Gasteiger partial charge in [0, 0.05) is 58.6 Å². The third-order valence-electron chi connectivity index (χ3n) is 14.1. The summed E-state index contributed by atoms with van der Waals surface area (Å²) in [5.74, 6) is -4.27. The van der Waals surface area contributed by atoms with E-state index in [1.54, 1.807) is 66.7 Å². The van der Waals surface area contributed by atoms with Crippen molar-refractivity contribution >= 4 is 70.0 Å². The summed E-state index contributed by atoms with van der Waals surface area (Å²) in [6.07, 6.45) is 3.79. The number of hydrogen-bond acceptors (Lipinski definition) is 10. The highest BCUT2D eigenvalue weighted by Gasteiger charge is 2.72. The van der Waals surface area contributed by atoms with Crippen LogP contribution in [-0.2, 0) is 40.5 Å². The van der Waals surface area contributed by atoms with Crippen molar-refractivity contribution in [1.82, 2.24) is 20.9 Å². The van der Waals surface area contributed by atoms with E-state index in [1.807, 2.05) is 6.07 Å². The van der Waals surface area contributed by atoms with Crippen LogP contribution in [0, 0.1) is 5.82 Å². The summed E-state index contributed by atoms with van der Waals surface area (Å²) in [6.45, 7) is 1.43. The van der Waals surface area contributed by atoms with Crippen LogP contribution in [0.15, 0.2) is 78.9 Å². The first-order valence-corrected chi connectivity index (χ1v) is 23.7. The van der Waals surface area contributed by atoms with Crippen LogP contribution in [0.3, 0.4) is 0 Å². The Kier molecular flexibility index (Phi) is 13.7. The molecule has 0 aromatic heterocycles. The summed E-state index contributed by atoms with van der Waals surface area (Å²) in [7, 11) is 0. The number of anilines is 2. The molecule has 4 aromatic carbocycles. The van der Waals surface area contributed by atoms with Gasteiger partial charge < -0.3 is 30.5 Å². The van der Waals surface area contributed by atoms with E-state index < -0.39 is 64.6 Å². The highest BCUT2D eigenvalue weighted by atomic mass is 35.5. The number of amides is 6. The summed E-state index contributed by atoms with van der Waals surface area (Å²) < 4.78 is 27.6. The molecule has 4 aromatic rings. The van der Waals surface area contributed by atoms with Gasteiger partial charge in [-0.15, -0.1) is 0 Å². The molecule has 5 aliphatic rings. The third-order valence-corrected chi connectivity index (χ3v) is 14.6. The molecule has 2 saturated heterocycles. The van der Waals surface area contributed by atoms with E-state index in [1.165, 1.54) is 6.07 Å². The standard InChI is InChI=1S/C50H51Cl2FN6O9/c51-30-14-17-34-36(27-30)56-48(66)50(34)40(33-10-5-11-35(52)41(33)53)42(58-49(50)20-2-1-3-21-49)45(63)55-31-15-12-29(13-16-31)43(61)54-22-24-68-26-25-67-23-6-8-28-7-4-9-32-39(28)47(65)59(46(32)64)37-18-19-38(60)57-44(37)62/h4-5,7,9-17,27,37,40,42,46,58,64H,1-3,6,8,18-26H2,(H,54,61)(H,55,63)(H,56,66)(H,57,60,62)/t37?,40-,42+,46?,50+/m0/s1. The molecule has 15 nitrogen and oxygen atoms in total. The van der Waals surface area contributed by atoms with Crippen LogP contribution in [0.1, 0.15) is 106 Å². The highest BCUT2D eigenvalue weighted by Crippen LogP contribution is 2.63. The SMILES string of the molecule is O=C1CCC(N2C(=O)c3c(CCCOCCOCCNC(=O)c4ccc(NC(=O)[C@@H]5NC6(CCCCC6)[C@@]6(C(=O)Nc7cc(Cl)ccc76)[C@H]5c5cccc(Cl)c5F)cc4)cccc3C2O)C(=O)N1. The van der Waals surface area contributed by atoms with Gasteiger partial charge in [0.05, 0.1) is 36.4 Å². The van der Waals surface area contributed by atoms with Crippen LogP contribution in [0.2, 0.25) is 10.0 Å². The van der Waals surface area contributed by atoms with Crippen molar-refractivity contribution in [1.29, 1.82) is 0 Å². The Balaban J connectivity index is 0.755. The van der Waals surface area contributed by atoms with Crippen LogP contribution < -0.4 is 26.6 Å². The Bertz CT molecular complexity index is 2660. The lowest BCUT2D eigenvalue weighted by Gasteiger charge is -2.47. The molecule has 0 radical (unpaired) electrons. The van der Waals surface area contributed by atoms with Crippen molar-refractivity contribution in [3.05, 3.63) is 128 Å². The maximum Gasteiger partial charge on any atom is 0.257 e. The summed E-state index contributed by atoms with van der Waals surface area (Å²) >= 11 is 12.8. The van der Waals surface area contributed by atoms with Crippen molar-refractivity contribution in [3.63, 3.8) is 0 Å². The topological polar surface area (TPSA) is 204 Å². The average molecular weight is 970 g/mol. The Morgan fingerprint density at radius 2 is 1.60 bits per heavy atom. The smallest absolute Gasteiger partial charge is 0.257 e. The number of carbonyl (C=O) groups excluding carboxylic acids is 6. The fourth-order valence-corrected chi connectivity index (χ4v) is 11.5. The second-order valence-electron chi connectivity index (χ2n) is 17.9. The van der Waals surface area contributed by atoms with E-state index >= 15 is 4.39 Å². The van der Waals surface area contributed by atoms with Crippen LogP contribution in [0.25, 0.3) is 0 Å². The Hall–Kier alpha value is -5.75. The van der Waals surface area contributed by atoms with Crippen molar-refractivity contribution in [2.24, 2.45) is 0 Å². The zero-order chi connectivity index (χ0) is 47.7. The number of rotatable bonds is 15. The molecule has 4 aliphatic heterocycles. The van der Waals surface area contributed by atoms with Crippen molar-refractivity contribution in [2.75, 3.05) is 43.6 Å². The number of carbonyl (C=O) groups is 6. The number of benzene rings is 4. The minimum Gasteiger partial charge on any atom is -0.379 e. The first-order valence-electron chi connectivity index (χ1n) is 23.0. The van der Waals surface area contributed by atoms with Crippen LogP contribution in [0.5, 0.6) is 0 Å². The van der Waals surface area contributed by atoms with Gasteiger partial charge in [-0.05, 0) is 91.3 Å². The quantitative estimate of drug-likeness (QED) is 0.0600. The minimum absolute atomic E-state index is 0.0881. The fourth-order valence-electron chi connectivity index (χ4n) is 11.1. The van der Waals surface area contributed by atoms with Gasteiger partial charge in [0.2, 0.25) is 23.6 Å². The second-order valence-corrected chi connectivity index (χ2v) is 18.8. The first-order chi connectivity index (χ1) is 32.8. The van der Waals surface area contributed by atoms with Crippen molar-refractivity contribution in [3.8, 4) is 0 Å². The zero-order valence-electron chi connectivity index (χ0n) is 37.0. The molecule has 1 saturated carbocycles. The third kappa shape index (κ3) is 8.55. The van der Waals surface area contributed by atoms with Gasteiger partial charge in [0.1, 0.15) is 17.3 Å². The van der Waals surface area contributed by atoms with Crippen LogP contribution in [-0.4, -0.2) is 96.0 Å². The monoisotopic (exact) mass is 968 g/mol. The van der Waals surface area contributed by atoms with E-state index in [0.29, 0.717) is 77.5 Å². The number of halogens is 3. The lowest BCUT2D eigenvalue weighted by molar-refractivity contribution is -0.139. The summed E-state index contributed by atoms with van der Waals surface area (Å²) in [5.41, 5.74) is 1.38. The number of fused-ring (bicyclic) bond motifs is 4.